The van der Waals surface area contributed by atoms with Crippen LogP contribution >= 0.6 is 11.6 Å². The minimum absolute atomic E-state index is 0.00798. The van der Waals surface area contributed by atoms with Gasteiger partial charge in [-0.1, -0.05) is 48.0 Å². The smallest absolute Gasteiger partial charge is 0.319 e. The summed E-state index contributed by atoms with van der Waals surface area (Å²) < 4.78 is 13.5. The summed E-state index contributed by atoms with van der Waals surface area (Å²) >= 11 is 5.82. The van der Waals surface area contributed by atoms with E-state index in [1.165, 1.54) is 18.2 Å². The number of rotatable bonds is 4. The molecule has 0 aliphatic carbocycles. The highest BCUT2D eigenvalue weighted by Crippen LogP contribution is 2.24. The Labute approximate surface area is 121 Å². The predicted octanol–water partition coefficient (Wildman–Crippen LogP) is 3.84. The van der Waals surface area contributed by atoms with E-state index in [-0.39, 0.29) is 10.7 Å². The van der Waals surface area contributed by atoms with Gasteiger partial charge in [-0.05, 0) is 24.1 Å². The van der Waals surface area contributed by atoms with E-state index in [2.05, 4.69) is 10.6 Å². The second-order valence-electron chi connectivity index (χ2n) is 4.21. The van der Waals surface area contributed by atoms with Crippen LogP contribution in [-0.2, 0) is 6.42 Å². The average molecular weight is 293 g/mol. The quantitative estimate of drug-likeness (QED) is 0.883. The van der Waals surface area contributed by atoms with Gasteiger partial charge in [0, 0.05) is 6.54 Å². The lowest BCUT2D eigenvalue weighted by molar-refractivity contribution is 0.252. The van der Waals surface area contributed by atoms with E-state index in [1.807, 2.05) is 30.3 Å². The van der Waals surface area contributed by atoms with Crippen molar-refractivity contribution >= 4 is 23.3 Å². The molecule has 5 heteroatoms. The van der Waals surface area contributed by atoms with E-state index in [4.69, 9.17) is 11.6 Å². The van der Waals surface area contributed by atoms with Crippen LogP contribution in [0.1, 0.15) is 5.56 Å². The number of halogens is 2. The Morgan fingerprint density at radius 1 is 1.10 bits per heavy atom. The van der Waals surface area contributed by atoms with Crippen LogP contribution in [0.25, 0.3) is 0 Å². The number of amides is 2. The number of para-hydroxylation sites is 1. The lowest BCUT2D eigenvalue weighted by atomic mass is 10.1. The maximum Gasteiger partial charge on any atom is 0.319 e. The molecule has 0 spiro atoms. The summed E-state index contributed by atoms with van der Waals surface area (Å²) in [6.07, 6.45) is 0.708. The average Bonchev–Trinajstić information content (AvgIpc) is 2.44. The molecule has 0 aliphatic heterocycles. The molecule has 2 aromatic rings. The molecule has 0 bridgehead atoms. The van der Waals surface area contributed by atoms with Crippen LogP contribution in [0.4, 0.5) is 14.9 Å². The third-order valence-corrected chi connectivity index (χ3v) is 3.06. The summed E-state index contributed by atoms with van der Waals surface area (Å²) in [7, 11) is 0. The van der Waals surface area contributed by atoms with E-state index < -0.39 is 11.8 Å². The number of hydrogen-bond donors (Lipinski definition) is 2. The molecular formula is C15H14ClFN2O. The molecule has 20 heavy (non-hydrogen) atoms. The first-order valence-electron chi connectivity index (χ1n) is 6.19. The van der Waals surface area contributed by atoms with Crippen molar-refractivity contribution < 1.29 is 9.18 Å². The van der Waals surface area contributed by atoms with Crippen molar-refractivity contribution in [2.45, 2.75) is 6.42 Å². The van der Waals surface area contributed by atoms with Crippen LogP contribution in [0.5, 0.6) is 0 Å². The van der Waals surface area contributed by atoms with Crippen LogP contribution in [0.15, 0.2) is 48.5 Å². The van der Waals surface area contributed by atoms with E-state index in [0.29, 0.717) is 13.0 Å². The fourth-order valence-corrected chi connectivity index (χ4v) is 1.95. The van der Waals surface area contributed by atoms with Crippen molar-refractivity contribution in [3.63, 3.8) is 0 Å². The number of carbonyl (C=O) groups excluding carboxylic acids is 1. The number of anilines is 1. The van der Waals surface area contributed by atoms with E-state index >= 15 is 0 Å². The summed E-state index contributed by atoms with van der Waals surface area (Å²) in [5, 5.41) is 5.24. The Bertz CT molecular complexity index is 569. The number of carbonyl (C=O) groups is 1. The molecule has 2 rings (SSSR count). The van der Waals surface area contributed by atoms with Gasteiger partial charge >= 0.3 is 6.03 Å². The van der Waals surface area contributed by atoms with Crippen molar-refractivity contribution in [3.05, 3.63) is 64.9 Å². The van der Waals surface area contributed by atoms with Gasteiger partial charge in [-0.3, -0.25) is 0 Å². The van der Waals surface area contributed by atoms with Gasteiger partial charge in [-0.15, -0.1) is 0 Å². The largest absolute Gasteiger partial charge is 0.338 e. The van der Waals surface area contributed by atoms with Crippen LogP contribution in [0.3, 0.4) is 0 Å². The number of benzene rings is 2. The molecule has 3 nitrogen and oxygen atoms in total. The molecule has 0 aromatic heterocycles. The first-order valence-corrected chi connectivity index (χ1v) is 6.57. The minimum Gasteiger partial charge on any atom is -0.338 e. The standard InChI is InChI=1S/C15H14ClFN2O/c16-12-7-4-8-13(17)14(12)19-15(20)18-10-9-11-5-2-1-3-6-11/h1-8H,9-10H2,(H2,18,19,20). The Balaban J connectivity index is 1.84. The zero-order valence-electron chi connectivity index (χ0n) is 10.7. The first kappa shape index (κ1) is 14.3. The molecule has 0 unspecified atom stereocenters. The molecule has 0 fully saturated rings. The molecule has 2 N–H and O–H groups in total. The monoisotopic (exact) mass is 292 g/mol. The van der Waals surface area contributed by atoms with Gasteiger partial charge in [0.1, 0.15) is 5.82 Å². The topological polar surface area (TPSA) is 41.1 Å². The summed E-state index contributed by atoms with van der Waals surface area (Å²) in [6.45, 7) is 0.460. The van der Waals surface area contributed by atoms with E-state index in [0.717, 1.165) is 5.56 Å². The number of nitrogens with one attached hydrogen (secondary N) is 2. The van der Waals surface area contributed by atoms with Gasteiger partial charge in [0.05, 0.1) is 10.7 Å². The molecule has 104 valence electrons. The lowest BCUT2D eigenvalue weighted by Crippen LogP contribution is -2.30. The van der Waals surface area contributed by atoms with Gasteiger partial charge in [-0.25, -0.2) is 9.18 Å². The Kier molecular flexibility index (Phi) is 4.96. The normalized spacial score (nSPS) is 10.1. The fourth-order valence-electron chi connectivity index (χ4n) is 1.74. The molecule has 0 heterocycles. The lowest BCUT2D eigenvalue weighted by Gasteiger charge is -2.09. The Morgan fingerprint density at radius 3 is 2.55 bits per heavy atom. The number of hydrogen-bond acceptors (Lipinski definition) is 1. The van der Waals surface area contributed by atoms with Crippen molar-refractivity contribution in [1.82, 2.24) is 5.32 Å². The number of urea groups is 1. The highest BCUT2D eigenvalue weighted by Gasteiger charge is 2.09. The summed E-state index contributed by atoms with van der Waals surface area (Å²) in [5.41, 5.74) is 1.11. The third kappa shape index (κ3) is 3.96. The van der Waals surface area contributed by atoms with Crippen LogP contribution in [0, 0.1) is 5.82 Å². The maximum atomic E-state index is 13.5. The zero-order valence-corrected chi connectivity index (χ0v) is 11.5. The SMILES string of the molecule is O=C(NCCc1ccccc1)Nc1c(F)cccc1Cl. The van der Waals surface area contributed by atoms with Gasteiger partial charge < -0.3 is 10.6 Å². The van der Waals surface area contributed by atoms with Crippen molar-refractivity contribution in [1.29, 1.82) is 0 Å². The predicted molar refractivity (Wildman–Crippen MR) is 78.6 cm³/mol. The molecule has 0 aliphatic rings. The van der Waals surface area contributed by atoms with Gasteiger partial charge in [0.15, 0.2) is 0 Å². The Morgan fingerprint density at radius 2 is 1.85 bits per heavy atom. The molecular weight excluding hydrogens is 279 g/mol. The van der Waals surface area contributed by atoms with Crippen LogP contribution in [0.2, 0.25) is 5.02 Å². The first-order chi connectivity index (χ1) is 9.66. The van der Waals surface area contributed by atoms with Crippen molar-refractivity contribution in [2.75, 3.05) is 11.9 Å². The molecule has 0 radical (unpaired) electrons. The molecule has 0 atom stereocenters. The fraction of sp³-hybridized carbons (Fsp3) is 0.133. The van der Waals surface area contributed by atoms with Crippen molar-refractivity contribution in [3.8, 4) is 0 Å². The van der Waals surface area contributed by atoms with Gasteiger partial charge in [0.25, 0.3) is 0 Å². The second-order valence-corrected chi connectivity index (χ2v) is 4.62. The maximum absolute atomic E-state index is 13.5. The van der Waals surface area contributed by atoms with Gasteiger partial charge in [0.2, 0.25) is 0 Å². The third-order valence-electron chi connectivity index (χ3n) is 2.74. The van der Waals surface area contributed by atoms with E-state index in [1.54, 1.807) is 0 Å². The summed E-state index contributed by atoms with van der Waals surface area (Å²) in [5.74, 6) is -0.560. The van der Waals surface area contributed by atoms with E-state index in [9.17, 15) is 9.18 Å². The molecule has 0 saturated heterocycles. The molecule has 0 saturated carbocycles. The molecule has 2 amide bonds. The van der Waals surface area contributed by atoms with Crippen LogP contribution in [-0.4, -0.2) is 12.6 Å². The highest BCUT2D eigenvalue weighted by molar-refractivity contribution is 6.33. The summed E-state index contributed by atoms with van der Waals surface area (Å²) in [6, 6.07) is 13.5. The molecule has 2 aromatic carbocycles. The zero-order chi connectivity index (χ0) is 14.4. The Hall–Kier alpha value is -2.07. The summed E-state index contributed by atoms with van der Waals surface area (Å²) in [4.78, 5) is 11.7. The van der Waals surface area contributed by atoms with Crippen molar-refractivity contribution in [2.24, 2.45) is 0 Å². The highest BCUT2D eigenvalue weighted by atomic mass is 35.5. The van der Waals surface area contributed by atoms with Gasteiger partial charge in [-0.2, -0.15) is 0 Å². The second kappa shape index (κ2) is 6.91. The minimum atomic E-state index is -0.560. The van der Waals surface area contributed by atoms with Crippen LogP contribution < -0.4 is 10.6 Å².